The van der Waals surface area contributed by atoms with Crippen LogP contribution in [0.2, 0.25) is 0 Å². The van der Waals surface area contributed by atoms with E-state index >= 15 is 0 Å². The summed E-state index contributed by atoms with van der Waals surface area (Å²) in [7, 11) is -3.28. The summed E-state index contributed by atoms with van der Waals surface area (Å²) < 4.78 is 29.2. The normalized spacial score (nSPS) is 23.3. The smallest absolute Gasteiger partial charge is 0.282 e. The van der Waals surface area contributed by atoms with E-state index in [-0.39, 0.29) is 6.04 Å². The predicted molar refractivity (Wildman–Crippen MR) is 81.6 cm³/mol. The van der Waals surface area contributed by atoms with Gasteiger partial charge in [-0.05, 0) is 38.6 Å². The summed E-state index contributed by atoms with van der Waals surface area (Å²) in [6, 6.07) is 0.189. The van der Waals surface area contributed by atoms with Crippen LogP contribution in [-0.2, 0) is 10.2 Å². The molecule has 2 rings (SSSR count). The maximum atomic E-state index is 12.9. The highest BCUT2D eigenvalue weighted by Crippen LogP contribution is 2.27. The first kappa shape index (κ1) is 16.2. The molecule has 5 nitrogen and oxygen atoms in total. The van der Waals surface area contributed by atoms with E-state index in [1.807, 2.05) is 0 Å². The van der Waals surface area contributed by atoms with Gasteiger partial charge in [-0.25, -0.2) is 0 Å². The van der Waals surface area contributed by atoms with E-state index in [1.54, 1.807) is 8.61 Å². The van der Waals surface area contributed by atoms with E-state index in [1.165, 1.54) is 12.8 Å². The summed E-state index contributed by atoms with van der Waals surface area (Å²) in [4.78, 5) is 0. The Morgan fingerprint density at radius 3 is 2.15 bits per heavy atom. The van der Waals surface area contributed by atoms with Gasteiger partial charge in [0.2, 0.25) is 0 Å². The highest BCUT2D eigenvalue weighted by Gasteiger charge is 2.35. The number of rotatable bonds is 6. The first-order valence-corrected chi connectivity index (χ1v) is 9.53. The zero-order valence-electron chi connectivity index (χ0n) is 12.5. The van der Waals surface area contributed by atoms with Gasteiger partial charge in [0, 0.05) is 25.7 Å². The van der Waals surface area contributed by atoms with E-state index in [4.69, 9.17) is 5.73 Å². The minimum Gasteiger partial charge on any atom is -0.330 e. The molecule has 6 heteroatoms. The lowest BCUT2D eigenvalue weighted by Gasteiger charge is -2.33. The van der Waals surface area contributed by atoms with Crippen LogP contribution in [0.15, 0.2) is 0 Å². The Hall–Kier alpha value is -0.170. The molecule has 0 radical (unpaired) electrons. The molecule has 0 amide bonds. The average Bonchev–Trinajstić information content (AvgIpc) is 2.85. The van der Waals surface area contributed by atoms with Crippen LogP contribution < -0.4 is 5.73 Å². The first-order valence-electron chi connectivity index (χ1n) is 8.13. The molecule has 118 valence electrons. The van der Waals surface area contributed by atoms with Gasteiger partial charge in [-0.3, -0.25) is 0 Å². The van der Waals surface area contributed by atoms with E-state index in [2.05, 4.69) is 0 Å². The molecule has 2 aliphatic rings. The standard InChI is InChI=1S/C14H29N3O2S/c15-10-7-13-17(14-8-3-1-2-4-9-14)20(18,19)16-11-5-6-12-16/h14H,1-13,15H2. The van der Waals surface area contributed by atoms with Crippen LogP contribution in [0, 0.1) is 0 Å². The fourth-order valence-corrected chi connectivity index (χ4v) is 5.31. The van der Waals surface area contributed by atoms with Crippen LogP contribution in [0.1, 0.15) is 57.8 Å². The molecule has 20 heavy (non-hydrogen) atoms. The molecular formula is C14H29N3O2S. The SMILES string of the molecule is NCCCN(C1CCCCCC1)S(=O)(=O)N1CCCC1. The molecule has 0 atom stereocenters. The molecule has 1 saturated heterocycles. The lowest BCUT2D eigenvalue weighted by atomic mass is 10.1. The first-order chi connectivity index (χ1) is 9.66. The summed E-state index contributed by atoms with van der Waals surface area (Å²) >= 11 is 0. The maximum Gasteiger partial charge on any atom is 0.282 e. The van der Waals surface area contributed by atoms with E-state index in [9.17, 15) is 8.42 Å². The summed E-state index contributed by atoms with van der Waals surface area (Å²) in [5, 5.41) is 0. The zero-order valence-corrected chi connectivity index (χ0v) is 13.3. The van der Waals surface area contributed by atoms with Gasteiger partial charge in [0.1, 0.15) is 0 Å². The Kier molecular flexibility index (Phi) is 6.26. The molecule has 2 fully saturated rings. The Bertz CT molecular complexity index is 372. The molecule has 1 aliphatic carbocycles. The molecule has 0 unspecified atom stereocenters. The number of nitrogens with two attached hydrogens (primary N) is 1. The molecular weight excluding hydrogens is 274 g/mol. The number of hydrogen-bond donors (Lipinski definition) is 1. The molecule has 0 spiro atoms. The van der Waals surface area contributed by atoms with Crippen LogP contribution >= 0.6 is 0 Å². The minimum absolute atomic E-state index is 0.189. The third-order valence-corrected chi connectivity index (χ3v) is 6.59. The molecule has 1 aliphatic heterocycles. The van der Waals surface area contributed by atoms with Crippen molar-refractivity contribution in [1.29, 1.82) is 0 Å². The van der Waals surface area contributed by atoms with Gasteiger partial charge in [-0.1, -0.05) is 25.7 Å². The molecule has 0 aromatic rings. The van der Waals surface area contributed by atoms with Crippen molar-refractivity contribution in [2.75, 3.05) is 26.2 Å². The lowest BCUT2D eigenvalue weighted by molar-refractivity contribution is 0.269. The molecule has 0 aromatic carbocycles. The van der Waals surface area contributed by atoms with Crippen molar-refractivity contribution < 1.29 is 8.42 Å². The lowest BCUT2D eigenvalue weighted by Crippen LogP contribution is -2.48. The van der Waals surface area contributed by atoms with Crippen molar-refractivity contribution in [1.82, 2.24) is 8.61 Å². The second kappa shape index (κ2) is 7.73. The van der Waals surface area contributed by atoms with Crippen LogP contribution in [0.4, 0.5) is 0 Å². The summed E-state index contributed by atoms with van der Waals surface area (Å²) in [6.07, 6.45) is 9.55. The van der Waals surface area contributed by atoms with E-state index in [0.29, 0.717) is 26.2 Å². The van der Waals surface area contributed by atoms with Crippen LogP contribution in [0.3, 0.4) is 0 Å². The maximum absolute atomic E-state index is 12.9. The van der Waals surface area contributed by atoms with Gasteiger partial charge >= 0.3 is 0 Å². The van der Waals surface area contributed by atoms with Gasteiger partial charge in [-0.15, -0.1) is 0 Å². The number of nitrogens with zero attached hydrogens (tertiary/aromatic N) is 2. The molecule has 0 bridgehead atoms. The Balaban J connectivity index is 2.12. The van der Waals surface area contributed by atoms with Crippen LogP contribution in [0.5, 0.6) is 0 Å². The van der Waals surface area contributed by atoms with Gasteiger partial charge < -0.3 is 5.73 Å². The van der Waals surface area contributed by atoms with Crippen molar-refractivity contribution in [2.45, 2.75) is 63.8 Å². The average molecular weight is 303 g/mol. The fraction of sp³-hybridized carbons (Fsp3) is 1.00. The van der Waals surface area contributed by atoms with Crippen molar-refractivity contribution in [2.24, 2.45) is 5.73 Å². The largest absolute Gasteiger partial charge is 0.330 e. The van der Waals surface area contributed by atoms with Crippen molar-refractivity contribution >= 4 is 10.2 Å². The zero-order chi connectivity index (χ0) is 14.4. The van der Waals surface area contributed by atoms with Crippen LogP contribution in [-0.4, -0.2) is 49.2 Å². The molecule has 2 N–H and O–H groups in total. The monoisotopic (exact) mass is 303 g/mol. The number of hydrogen-bond acceptors (Lipinski definition) is 3. The predicted octanol–water partition coefficient (Wildman–Crippen LogP) is 1.70. The highest BCUT2D eigenvalue weighted by molar-refractivity contribution is 7.86. The second-order valence-electron chi connectivity index (χ2n) is 6.01. The van der Waals surface area contributed by atoms with Crippen molar-refractivity contribution in [3.63, 3.8) is 0 Å². The van der Waals surface area contributed by atoms with E-state index in [0.717, 1.165) is 44.9 Å². The summed E-state index contributed by atoms with van der Waals surface area (Å²) in [6.45, 7) is 2.51. The second-order valence-corrected chi connectivity index (χ2v) is 7.89. The van der Waals surface area contributed by atoms with Gasteiger partial charge in [0.05, 0.1) is 0 Å². The van der Waals surface area contributed by atoms with Crippen molar-refractivity contribution in [3.05, 3.63) is 0 Å². The summed E-state index contributed by atoms with van der Waals surface area (Å²) in [5.41, 5.74) is 5.60. The Labute approximate surface area is 123 Å². The summed E-state index contributed by atoms with van der Waals surface area (Å²) in [5.74, 6) is 0. The van der Waals surface area contributed by atoms with Gasteiger partial charge in [-0.2, -0.15) is 17.0 Å². The highest BCUT2D eigenvalue weighted by atomic mass is 32.2. The van der Waals surface area contributed by atoms with Gasteiger partial charge in [0.25, 0.3) is 10.2 Å². The minimum atomic E-state index is -3.28. The Morgan fingerprint density at radius 2 is 1.60 bits per heavy atom. The third-order valence-electron chi connectivity index (χ3n) is 4.50. The van der Waals surface area contributed by atoms with Crippen molar-refractivity contribution in [3.8, 4) is 0 Å². The third kappa shape index (κ3) is 3.93. The van der Waals surface area contributed by atoms with Crippen LogP contribution in [0.25, 0.3) is 0 Å². The van der Waals surface area contributed by atoms with Gasteiger partial charge in [0.15, 0.2) is 0 Å². The fourth-order valence-electron chi connectivity index (χ4n) is 3.35. The molecule has 1 heterocycles. The van der Waals surface area contributed by atoms with E-state index < -0.39 is 10.2 Å². The molecule has 1 saturated carbocycles. The topological polar surface area (TPSA) is 66.6 Å². The Morgan fingerprint density at radius 1 is 1.00 bits per heavy atom. The molecule has 0 aromatic heterocycles. The quantitative estimate of drug-likeness (QED) is 0.760.